The van der Waals surface area contributed by atoms with Crippen LogP contribution in [0.3, 0.4) is 0 Å². The summed E-state index contributed by atoms with van der Waals surface area (Å²) in [4.78, 5) is 37.6. The highest BCUT2D eigenvalue weighted by Gasteiger charge is 2.29. The highest BCUT2D eigenvalue weighted by Crippen LogP contribution is 2.25. The van der Waals surface area contributed by atoms with Crippen molar-refractivity contribution in [2.24, 2.45) is 0 Å². The van der Waals surface area contributed by atoms with E-state index in [1.807, 2.05) is 41.1 Å². The van der Waals surface area contributed by atoms with Crippen LogP contribution in [-0.4, -0.2) is 70.8 Å². The van der Waals surface area contributed by atoms with E-state index in [1.54, 1.807) is 23.5 Å². The Kier molecular flexibility index (Phi) is 6.92. The van der Waals surface area contributed by atoms with Crippen molar-refractivity contribution in [3.8, 4) is 0 Å². The molecule has 178 valence electrons. The molecule has 34 heavy (non-hydrogen) atoms. The van der Waals surface area contributed by atoms with Crippen molar-refractivity contribution in [1.29, 1.82) is 0 Å². The van der Waals surface area contributed by atoms with Crippen molar-refractivity contribution in [1.82, 2.24) is 19.7 Å². The largest absolute Gasteiger partial charge is 0.339 e. The van der Waals surface area contributed by atoms with Gasteiger partial charge in [-0.1, -0.05) is 43.5 Å². The molecule has 2 heterocycles. The average molecular weight is 477 g/mol. The minimum absolute atomic E-state index is 0.0367. The van der Waals surface area contributed by atoms with E-state index in [4.69, 9.17) is 4.98 Å². The fourth-order valence-electron chi connectivity index (χ4n) is 5.14. The molecular weight excluding hydrogens is 444 g/mol. The maximum Gasteiger partial charge on any atom is 0.254 e. The van der Waals surface area contributed by atoms with Crippen LogP contribution in [0.2, 0.25) is 0 Å². The topological polar surface area (TPSA) is 56.8 Å². The third-order valence-electron chi connectivity index (χ3n) is 7.19. The molecule has 2 aliphatic rings. The van der Waals surface area contributed by atoms with Gasteiger partial charge in [0.2, 0.25) is 0 Å². The zero-order valence-corrected chi connectivity index (χ0v) is 20.6. The summed E-state index contributed by atoms with van der Waals surface area (Å²) in [5.74, 6) is -0.0778. The second-order valence-electron chi connectivity index (χ2n) is 9.40. The van der Waals surface area contributed by atoms with Gasteiger partial charge in [0.1, 0.15) is 5.01 Å². The van der Waals surface area contributed by atoms with Crippen molar-refractivity contribution >= 4 is 33.4 Å². The Morgan fingerprint density at radius 1 is 0.941 bits per heavy atom. The van der Waals surface area contributed by atoms with Gasteiger partial charge >= 0.3 is 0 Å². The zero-order valence-electron chi connectivity index (χ0n) is 19.8. The molecule has 3 aromatic rings. The molecule has 1 aliphatic heterocycles. The molecule has 1 saturated carbocycles. The first kappa shape index (κ1) is 23.0. The molecule has 5 rings (SSSR count). The molecule has 1 aliphatic carbocycles. The van der Waals surface area contributed by atoms with Crippen molar-refractivity contribution < 1.29 is 9.59 Å². The van der Waals surface area contributed by atoms with Crippen LogP contribution < -0.4 is 0 Å². The van der Waals surface area contributed by atoms with Gasteiger partial charge in [0.15, 0.2) is 0 Å². The number of carbonyl (C=O) groups excluding carboxylic acids is 2. The lowest BCUT2D eigenvalue weighted by Crippen LogP contribution is -2.48. The Morgan fingerprint density at radius 2 is 1.62 bits per heavy atom. The first-order valence-electron chi connectivity index (χ1n) is 12.3. The molecule has 0 atom stereocenters. The molecule has 0 unspecified atom stereocenters. The molecule has 7 heteroatoms. The maximum absolute atomic E-state index is 13.4. The predicted molar refractivity (Wildman–Crippen MR) is 136 cm³/mol. The normalized spacial score (nSPS) is 17.7. The fourth-order valence-corrected chi connectivity index (χ4v) is 6.15. The lowest BCUT2D eigenvalue weighted by atomic mass is 9.93. The van der Waals surface area contributed by atoms with E-state index < -0.39 is 0 Å². The van der Waals surface area contributed by atoms with Gasteiger partial charge in [-0.2, -0.15) is 0 Å². The number of rotatable bonds is 5. The highest BCUT2D eigenvalue weighted by molar-refractivity contribution is 7.18. The number of amides is 2. The first-order valence-corrected chi connectivity index (χ1v) is 13.1. The number of nitrogens with zero attached hydrogens (tertiary/aromatic N) is 4. The predicted octanol–water partition coefficient (Wildman–Crippen LogP) is 4.66. The van der Waals surface area contributed by atoms with Crippen molar-refractivity contribution in [2.75, 3.05) is 33.2 Å². The molecule has 1 aromatic heterocycles. The Balaban J connectivity index is 1.23. The van der Waals surface area contributed by atoms with Gasteiger partial charge in [-0.25, -0.2) is 4.98 Å². The number of aromatic nitrogens is 1. The van der Waals surface area contributed by atoms with Crippen LogP contribution in [-0.2, 0) is 6.54 Å². The van der Waals surface area contributed by atoms with Crippen LogP contribution in [0.15, 0.2) is 48.5 Å². The van der Waals surface area contributed by atoms with E-state index in [0.717, 1.165) is 43.0 Å². The Labute approximate surface area is 205 Å². The molecule has 2 aromatic carbocycles. The summed E-state index contributed by atoms with van der Waals surface area (Å²) < 4.78 is 1.21. The molecule has 0 bridgehead atoms. The zero-order chi connectivity index (χ0) is 23.5. The van der Waals surface area contributed by atoms with E-state index in [-0.39, 0.29) is 17.9 Å². The molecule has 0 radical (unpaired) electrons. The summed E-state index contributed by atoms with van der Waals surface area (Å²) in [5.41, 5.74) is 2.10. The van der Waals surface area contributed by atoms with Crippen LogP contribution >= 0.6 is 11.3 Å². The second kappa shape index (κ2) is 10.2. The third kappa shape index (κ3) is 4.86. The lowest BCUT2D eigenvalue weighted by Gasteiger charge is -2.35. The quantitative estimate of drug-likeness (QED) is 0.538. The van der Waals surface area contributed by atoms with Crippen molar-refractivity contribution in [3.63, 3.8) is 0 Å². The third-order valence-corrected chi connectivity index (χ3v) is 8.21. The molecule has 0 N–H and O–H groups in total. The number of hydrogen-bond donors (Lipinski definition) is 0. The maximum atomic E-state index is 13.4. The van der Waals surface area contributed by atoms with E-state index in [2.05, 4.69) is 17.0 Å². The van der Waals surface area contributed by atoms with E-state index in [0.29, 0.717) is 24.2 Å². The van der Waals surface area contributed by atoms with Crippen LogP contribution in [0, 0.1) is 0 Å². The van der Waals surface area contributed by atoms with Crippen LogP contribution in [0.4, 0.5) is 0 Å². The molecule has 1 saturated heterocycles. The minimum Gasteiger partial charge on any atom is -0.339 e. The van der Waals surface area contributed by atoms with Gasteiger partial charge in [0.05, 0.1) is 27.9 Å². The van der Waals surface area contributed by atoms with Gasteiger partial charge in [-0.05, 0) is 37.1 Å². The summed E-state index contributed by atoms with van der Waals surface area (Å²) in [7, 11) is 1.89. The standard InChI is InChI=1S/C27H32N4O2S/c1-29(20-9-3-2-4-10-20)26(32)21-11-5-6-12-22(21)27(33)31-17-15-30(16-18-31)19-25-28-23-13-7-8-14-24(23)34-25/h5-8,11-14,20H,2-4,9-10,15-19H2,1H3. The number of thiazole rings is 1. The summed E-state index contributed by atoms with van der Waals surface area (Å²) in [6.45, 7) is 3.73. The van der Waals surface area contributed by atoms with Crippen LogP contribution in [0.1, 0.15) is 57.8 Å². The number of benzene rings is 2. The number of piperazine rings is 1. The van der Waals surface area contributed by atoms with Crippen LogP contribution in [0.5, 0.6) is 0 Å². The average Bonchev–Trinajstić information content (AvgIpc) is 3.30. The van der Waals surface area contributed by atoms with Gasteiger partial charge < -0.3 is 9.80 Å². The molecular formula is C27H32N4O2S. The van der Waals surface area contributed by atoms with Gasteiger partial charge in [-0.3, -0.25) is 14.5 Å². The summed E-state index contributed by atoms with van der Waals surface area (Å²) >= 11 is 1.74. The first-order chi connectivity index (χ1) is 16.6. The van der Waals surface area contributed by atoms with Gasteiger partial charge in [0.25, 0.3) is 11.8 Å². The minimum atomic E-state index is -0.0411. The van der Waals surface area contributed by atoms with E-state index in [1.165, 1.54) is 24.0 Å². The molecule has 2 fully saturated rings. The van der Waals surface area contributed by atoms with E-state index in [9.17, 15) is 9.59 Å². The van der Waals surface area contributed by atoms with Gasteiger partial charge in [-0.15, -0.1) is 11.3 Å². The van der Waals surface area contributed by atoms with Crippen LogP contribution in [0.25, 0.3) is 10.2 Å². The number of hydrogen-bond acceptors (Lipinski definition) is 5. The monoisotopic (exact) mass is 476 g/mol. The summed E-state index contributed by atoms with van der Waals surface area (Å²) in [6, 6.07) is 15.8. The smallest absolute Gasteiger partial charge is 0.254 e. The Hall–Kier alpha value is -2.77. The second-order valence-corrected chi connectivity index (χ2v) is 10.5. The highest BCUT2D eigenvalue weighted by atomic mass is 32.1. The van der Waals surface area contributed by atoms with Crippen molar-refractivity contribution in [2.45, 2.75) is 44.7 Å². The fraction of sp³-hybridized carbons (Fsp3) is 0.444. The van der Waals surface area contributed by atoms with Crippen molar-refractivity contribution in [3.05, 3.63) is 64.7 Å². The number of para-hydroxylation sites is 1. The molecule has 6 nitrogen and oxygen atoms in total. The number of carbonyl (C=O) groups is 2. The SMILES string of the molecule is CN(C(=O)c1ccccc1C(=O)N1CCN(Cc2nc3ccccc3s2)CC1)C1CCCCC1. The lowest BCUT2D eigenvalue weighted by molar-refractivity contribution is 0.0611. The Bertz CT molecular complexity index is 1130. The van der Waals surface area contributed by atoms with E-state index >= 15 is 0 Å². The molecule has 0 spiro atoms. The van der Waals surface area contributed by atoms with Gasteiger partial charge in [0, 0.05) is 39.3 Å². The number of fused-ring (bicyclic) bond motifs is 1. The Morgan fingerprint density at radius 3 is 2.35 bits per heavy atom. The summed E-state index contributed by atoms with van der Waals surface area (Å²) in [6.07, 6.45) is 5.69. The summed E-state index contributed by atoms with van der Waals surface area (Å²) in [5, 5.41) is 1.11. The molecule has 2 amide bonds.